The van der Waals surface area contributed by atoms with Crippen LogP contribution in [-0.2, 0) is 11.2 Å². The highest BCUT2D eigenvalue weighted by atomic mass is 35.5. The summed E-state index contributed by atoms with van der Waals surface area (Å²) >= 11 is 7.30. The fourth-order valence-corrected chi connectivity index (χ4v) is 3.88. The van der Waals surface area contributed by atoms with Crippen molar-refractivity contribution in [3.63, 3.8) is 0 Å². The van der Waals surface area contributed by atoms with Crippen LogP contribution >= 0.6 is 23.1 Å². The summed E-state index contributed by atoms with van der Waals surface area (Å²) in [6.45, 7) is 3.73. The summed E-state index contributed by atoms with van der Waals surface area (Å²) in [6.07, 6.45) is 4.67. The molecule has 2 aromatic rings. The predicted octanol–water partition coefficient (Wildman–Crippen LogP) is 3.67. The van der Waals surface area contributed by atoms with Gasteiger partial charge in [-0.1, -0.05) is 37.1 Å². The van der Waals surface area contributed by atoms with Crippen LogP contribution in [-0.4, -0.2) is 34.4 Å². The quantitative estimate of drug-likeness (QED) is 0.747. The number of nitrogens with zero attached hydrogens (tertiary/aromatic N) is 3. The molecule has 1 aromatic heterocycles. The Kier molecular flexibility index (Phi) is 6.26. The van der Waals surface area contributed by atoms with Crippen molar-refractivity contribution in [3.05, 3.63) is 40.7 Å². The summed E-state index contributed by atoms with van der Waals surface area (Å²) in [6, 6.07) is 7.61. The van der Waals surface area contributed by atoms with Crippen LogP contribution in [0.2, 0.25) is 5.02 Å². The summed E-state index contributed by atoms with van der Waals surface area (Å²) in [7, 11) is 0. The molecule has 134 valence electrons. The second-order valence-corrected chi connectivity index (χ2v) is 7.46. The van der Waals surface area contributed by atoms with E-state index in [1.807, 2.05) is 24.3 Å². The molecule has 25 heavy (non-hydrogen) atoms. The molecule has 1 aliphatic heterocycles. The Morgan fingerprint density at radius 1 is 1.40 bits per heavy atom. The molecule has 0 radical (unpaired) electrons. The van der Waals surface area contributed by atoms with E-state index in [-0.39, 0.29) is 11.9 Å². The first-order valence-corrected chi connectivity index (χ1v) is 9.94. The third kappa shape index (κ3) is 4.70. The largest absolute Gasteiger partial charge is 0.354 e. The number of anilines is 1. The first-order valence-electron chi connectivity index (χ1n) is 8.78. The maximum atomic E-state index is 12.4. The minimum atomic E-state index is -0.117. The lowest BCUT2D eigenvalue weighted by Gasteiger charge is -2.22. The summed E-state index contributed by atoms with van der Waals surface area (Å²) in [5, 5.41) is 4.61. The van der Waals surface area contributed by atoms with Gasteiger partial charge in [0.15, 0.2) is 0 Å². The smallest absolute Gasteiger partial charge is 0.242 e. The van der Waals surface area contributed by atoms with Gasteiger partial charge in [0.1, 0.15) is 11.9 Å². The summed E-state index contributed by atoms with van der Waals surface area (Å²) < 4.78 is 4.47. The van der Waals surface area contributed by atoms with E-state index >= 15 is 0 Å². The topological polar surface area (TPSA) is 58.1 Å². The van der Waals surface area contributed by atoms with Crippen LogP contribution in [0.4, 0.5) is 5.13 Å². The standard InChI is InChI=1S/C18H23ClN4OS/c1-2-3-10-20-17(24)15-5-4-11-23(15)18-21-16(22-25-18)12-13-6-8-14(19)9-7-13/h6-9,15H,2-5,10-12H2,1H3,(H,20,24)/t15-/m0/s1. The maximum absolute atomic E-state index is 12.4. The molecule has 1 amide bonds. The summed E-state index contributed by atoms with van der Waals surface area (Å²) in [4.78, 5) is 19.2. The number of rotatable bonds is 7. The highest BCUT2D eigenvalue weighted by molar-refractivity contribution is 7.09. The van der Waals surface area contributed by atoms with Gasteiger partial charge >= 0.3 is 0 Å². The second-order valence-electron chi connectivity index (χ2n) is 6.29. The molecule has 1 N–H and O–H groups in total. The molecule has 0 spiro atoms. The number of carbonyl (C=O) groups excluding carboxylic acids is 1. The third-order valence-corrected chi connectivity index (χ3v) is 5.41. The van der Waals surface area contributed by atoms with Crippen LogP contribution in [0.15, 0.2) is 24.3 Å². The second kappa shape index (κ2) is 8.63. The van der Waals surface area contributed by atoms with Gasteiger partial charge in [-0.25, -0.2) is 4.98 Å². The van der Waals surface area contributed by atoms with Crippen LogP contribution in [0, 0.1) is 0 Å². The lowest BCUT2D eigenvalue weighted by Crippen LogP contribution is -2.43. The molecule has 1 aromatic carbocycles. The average Bonchev–Trinajstić information content (AvgIpc) is 3.26. The number of carbonyl (C=O) groups is 1. The van der Waals surface area contributed by atoms with Gasteiger partial charge in [0.25, 0.3) is 0 Å². The van der Waals surface area contributed by atoms with Crippen molar-refractivity contribution in [1.29, 1.82) is 0 Å². The van der Waals surface area contributed by atoms with Crippen molar-refractivity contribution in [2.45, 2.75) is 45.1 Å². The lowest BCUT2D eigenvalue weighted by atomic mass is 10.1. The average molecular weight is 379 g/mol. The Morgan fingerprint density at radius 3 is 2.96 bits per heavy atom. The van der Waals surface area contributed by atoms with Gasteiger partial charge < -0.3 is 10.2 Å². The lowest BCUT2D eigenvalue weighted by molar-refractivity contribution is -0.122. The minimum absolute atomic E-state index is 0.111. The molecule has 3 rings (SSSR count). The zero-order valence-electron chi connectivity index (χ0n) is 14.4. The van der Waals surface area contributed by atoms with Crippen molar-refractivity contribution in [3.8, 4) is 0 Å². The molecule has 1 atom stereocenters. The van der Waals surface area contributed by atoms with E-state index < -0.39 is 0 Å². The van der Waals surface area contributed by atoms with Gasteiger partial charge in [0.05, 0.1) is 0 Å². The number of hydrogen-bond donors (Lipinski definition) is 1. The molecule has 0 saturated carbocycles. The van der Waals surface area contributed by atoms with Gasteiger partial charge in [0, 0.05) is 36.1 Å². The number of amides is 1. The van der Waals surface area contributed by atoms with Crippen molar-refractivity contribution in [1.82, 2.24) is 14.7 Å². The summed E-state index contributed by atoms with van der Waals surface area (Å²) in [5.41, 5.74) is 1.13. The van der Waals surface area contributed by atoms with Gasteiger partial charge in [-0.2, -0.15) is 4.37 Å². The van der Waals surface area contributed by atoms with E-state index in [9.17, 15) is 4.79 Å². The number of aromatic nitrogens is 2. The van der Waals surface area contributed by atoms with Crippen molar-refractivity contribution in [2.75, 3.05) is 18.0 Å². The van der Waals surface area contributed by atoms with Gasteiger partial charge in [-0.05, 0) is 37.0 Å². The van der Waals surface area contributed by atoms with Gasteiger partial charge in [0.2, 0.25) is 11.0 Å². The number of nitrogens with one attached hydrogen (secondary N) is 1. The monoisotopic (exact) mass is 378 g/mol. The Bertz CT molecular complexity index is 703. The van der Waals surface area contributed by atoms with Crippen molar-refractivity contribution >= 4 is 34.2 Å². The first-order chi connectivity index (χ1) is 12.2. The van der Waals surface area contributed by atoms with E-state index in [1.165, 1.54) is 11.5 Å². The van der Waals surface area contributed by atoms with E-state index in [0.29, 0.717) is 6.42 Å². The van der Waals surface area contributed by atoms with Crippen LogP contribution in [0.1, 0.15) is 44.0 Å². The Labute approximate surface area is 157 Å². The molecule has 1 fully saturated rings. The number of hydrogen-bond acceptors (Lipinski definition) is 5. The molecular formula is C18H23ClN4OS. The summed E-state index contributed by atoms with van der Waals surface area (Å²) in [5.74, 6) is 0.903. The highest BCUT2D eigenvalue weighted by Gasteiger charge is 2.32. The molecule has 5 nitrogen and oxygen atoms in total. The highest BCUT2D eigenvalue weighted by Crippen LogP contribution is 2.27. The molecule has 1 aliphatic rings. The van der Waals surface area contributed by atoms with Crippen LogP contribution in [0.5, 0.6) is 0 Å². The first kappa shape index (κ1) is 18.1. The SMILES string of the molecule is CCCCNC(=O)[C@@H]1CCCN1c1nc(Cc2ccc(Cl)cc2)ns1. The van der Waals surface area contributed by atoms with E-state index in [4.69, 9.17) is 11.6 Å². The van der Waals surface area contributed by atoms with E-state index in [2.05, 4.69) is 26.5 Å². The normalized spacial score (nSPS) is 17.0. The Morgan fingerprint density at radius 2 is 2.20 bits per heavy atom. The molecule has 1 saturated heterocycles. The minimum Gasteiger partial charge on any atom is -0.354 e. The molecular weight excluding hydrogens is 356 g/mol. The van der Waals surface area contributed by atoms with Crippen LogP contribution < -0.4 is 10.2 Å². The zero-order chi connectivity index (χ0) is 17.6. The van der Waals surface area contributed by atoms with Gasteiger partial charge in [-0.15, -0.1) is 0 Å². The predicted molar refractivity (Wildman–Crippen MR) is 102 cm³/mol. The fourth-order valence-electron chi connectivity index (χ4n) is 2.99. The van der Waals surface area contributed by atoms with Crippen LogP contribution in [0.25, 0.3) is 0 Å². The Balaban J connectivity index is 1.64. The molecule has 2 heterocycles. The Hall–Kier alpha value is -1.66. The van der Waals surface area contributed by atoms with Crippen molar-refractivity contribution in [2.24, 2.45) is 0 Å². The molecule has 7 heteroatoms. The molecule has 0 bridgehead atoms. The zero-order valence-corrected chi connectivity index (χ0v) is 15.9. The number of halogens is 1. The fraction of sp³-hybridized carbons (Fsp3) is 0.500. The van der Waals surface area contributed by atoms with Crippen LogP contribution in [0.3, 0.4) is 0 Å². The van der Waals surface area contributed by atoms with Crippen molar-refractivity contribution < 1.29 is 4.79 Å². The van der Waals surface area contributed by atoms with E-state index in [0.717, 1.165) is 60.3 Å². The maximum Gasteiger partial charge on any atom is 0.242 e. The molecule has 0 aliphatic carbocycles. The number of unbranched alkanes of at least 4 members (excludes halogenated alkanes) is 1. The molecule has 0 unspecified atom stereocenters. The third-order valence-electron chi connectivity index (χ3n) is 4.36. The van der Waals surface area contributed by atoms with E-state index in [1.54, 1.807) is 0 Å². The number of benzene rings is 1. The van der Waals surface area contributed by atoms with Gasteiger partial charge in [-0.3, -0.25) is 4.79 Å².